The molecule has 1 aliphatic rings. The van der Waals surface area contributed by atoms with Crippen LogP contribution in [-0.4, -0.2) is 14.2 Å². The van der Waals surface area contributed by atoms with Gasteiger partial charge in [0.05, 0.1) is 0 Å². The van der Waals surface area contributed by atoms with Crippen molar-refractivity contribution >= 4 is 0 Å². The molecule has 0 aromatic heterocycles. The average Bonchev–Trinajstić information content (AvgIpc) is 2.33. The molecule has 1 aliphatic carbocycles. The molecule has 0 heterocycles. The molecular formula is C14H30O. The Hall–Kier alpha value is -0.300. The van der Waals surface area contributed by atoms with E-state index < -0.39 is 0 Å². The molecule has 0 spiro atoms. The van der Waals surface area contributed by atoms with E-state index in [9.17, 15) is 0 Å². The van der Waals surface area contributed by atoms with Crippen LogP contribution in [0.1, 0.15) is 59.3 Å². The van der Waals surface area contributed by atoms with Crippen molar-refractivity contribution in [3.63, 3.8) is 0 Å². The normalized spacial score (nSPS) is 15.5. The molecule has 0 saturated heterocycles. The van der Waals surface area contributed by atoms with Crippen LogP contribution in [0.15, 0.2) is 12.2 Å². The number of allylic oxidation sites excluding steroid dienone is 1. The van der Waals surface area contributed by atoms with Gasteiger partial charge in [0.2, 0.25) is 0 Å². The number of rotatable bonds is 2. The summed E-state index contributed by atoms with van der Waals surface area (Å²) in [5.74, 6) is 0.874. The van der Waals surface area contributed by atoms with Crippen molar-refractivity contribution in [2.45, 2.75) is 59.3 Å². The monoisotopic (exact) mass is 214 g/mol. The highest BCUT2D eigenvalue weighted by Crippen LogP contribution is 2.29. The van der Waals surface area contributed by atoms with E-state index in [4.69, 9.17) is 0 Å². The first-order valence-corrected chi connectivity index (χ1v) is 6.34. The zero-order valence-electron chi connectivity index (χ0n) is 11.4. The molecule has 1 rings (SSSR count). The predicted octanol–water partition coefficient (Wildman–Crippen LogP) is 4.82. The van der Waals surface area contributed by atoms with E-state index >= 15 is 0 Å². The van der Waals surface area contributed by atoms with Crippen molar-refractivity contribution in [3.8, 4) is 0 Å². The van der Waals surface area contributed by atoms with Gasteiger partial charge in [-0.2, -0.15) is 0 Å². The molecule has 1 nitrogen and oxygen atoms in total. The number of ether oxygens (including phenoxy) is 1. The summed E-state index contributed by atoms with van der Waals surface area (Å²) in [5, 5.41) is 0. The molecule has 0 aliphatic heterocycles. The first-order valence-electron chi connectivity index (χ1n) is 6.34. The maximum Gasteiger partial charge on any atom is 0.0351 e. The van der Waals surface area contributed by atoms with Crippen LogP contribution in [0.3, 0.4) is 0 Å². The summed E-state index contributed by atoms with van der Waals surface area (Å²) in [5.41, 5.74) is 1.49. The third kappa shape index (κ3) is 9.99. The lowest BCUT2D eigenvalue weighted by Crippen LogP contribution is -2.07. The van der Waals surface area contributed by atoms with Crippen molar-refractivity contribution in [2.75, 3.05) is 14.2 Å². The molecule has 1 saturated carbocycles. The van der Waals surface area contributed by atoms with E-state index in [0.29, 0.717) is 0 Å². The molecule has 0 aromatic rings. The van der Waals surface area contributed by atoms with Crippen LogP contribution in [0, 0.1) is 5.92 Å². The molecule has 15 heavy (non-hydrogen) atoms. The quantitative estimate of drug-likeness (QED) is 0.599. The molecular weight excluding hydrogens is 184 g/mol. The second kappa shape index (κ2) is 13.7. The van der Waals surface area contributed by atoms with Gasteiger partial charge < -0.3 is 4.74 Å². The lowest BCUT2D eigenvalue weighted by atomic mass is 9.83. The fraction of sp³-hybridized carbons (Fsp3) is 0.857. The Morgan fingerprint density at radius 1 is 1.13 bits per heavy atom. The summed E-state index contributed by atoms with van der Waals surface area (Å²) in [4.78, 5) is 0. The number of hydrogen-bond donors (Lipinski definition) is 0. The zero-order valence-corrected chi connectivity index (χ0v) is 11.4. The topological polar surface area (TPSA) is 9.23 Å². The van der Waals surface area contributed by atoms with Gasteiger partial charge in [0.1, 0.15) is 0 Å². The summed E-state index contributed by atoms with van der Waals surface area (Å²) in [6, 6.07) is 0. The van der Waals surface area contributed by atoms with Gasteiger partial charge in [-0.25, -0.2) is 0 Å². The van der Waals surface area contributed by atoms with Crippen LogP contribution in [-0.2, 0) is 4.74 Å². The molecule has 1 heteroatoms. The van der Waals surface area contributed by atoms with Crippen molar-refractivity contribution in [2.24, 2.45) is 5.92 Å². The van der Waals surface area contributed by atoms with E-state index in [-0.39, 0.29) is 0 Å². The Labute approximate surface area is 96.9 Å². The fourth-order valence-electron chi connectivity index (χ4n) is 1.80. The Bertz CT molecular complexity index is 123. The highest BCUT2D eigenvalue weighted by molar-refractivity contribution is 5.00. The Balaban J connectivity index is 0. The largest absolute Gasteiger partial charge is 0.388 e. The van der Waals surface area contributed by atoms with Gasteiger partial charge in [-0.3, -0.25) is 0 Å². The van der Waals surface area contributed by atoms with E-state index in [1.54, 1.807) is 14.2 Å². The van der Waals surface area contributed by atoms with Crippen LogP contribution >= 0.6 is 0 Å². The lowest BCUT2D eigenvalue weighted by Gasteiger charge is -2.22. The molecule has 0 N–H and O–H groups in total. The SMILES string of the molecule is C=C(CC)C1CCCCC1.CC.COC. The molecule has 0 aromatic carbocycles. The van der Waals surface area contributed by atoms with Crippen LogP contribution in [0.5, 0.6) is 0 Å². The molecule has 0 bridgehead atoms. The van der Waals surface area contributed by atoms with Gasteiger partial charge in [-0.15, -0.1) is 0 Å². The second-order valence-electron chi connectivity index (χ2n) is 3.75. The van der Waals surface area contributed by atoms with E-state index in [2.05, 4.69) is 18.2 Å². The summed E-state index contributed by atoms with van der Waals surface area (Å²) in [6.45, 7) is 10.3. The predicted molar refractivity (Wildman–Crippen MR) is 70.3 cm³/mol. The third-order valence-electron chi connectivity index (χ3n) is 2.64. The molecule has 0 unspecified atom stereocenters. The Morgan fingerprint density at radius 3 is 1.87 bits per heavy atom. The highest BCUT2D eigenvalue weighted by atomic mass is 16.4. The smallest absolute Gasteiger partial charge is 0.0351 e. The lowest BCUT2D eigenvalue weighted by molar-refractivity contribution is 0.277. The maximum atomic E-state index is 4.25. The number of hydrogen-bond acceptors (Lipinski definition) is 1. The minimum Gasteiger partial charge on any atom is -0.388 e. The molecule has 0 atom stereocenters. The van der Waals surface area contributed by atoms with E-state index in [1.165, 1.54) is 44.1 Å². The first kappa shape index (κ1) is 17.1. The highest BCUT2D eigenvalue weighted by Gasteiger charge is 2.14. The second-order valence-corrected chi connectivity index (χ2v) is 3.75. The van der Waals surface area contributed by atoms with Gasteiger partial charge in [0.15, 0.2) is 0 Å². The minimum absolute atomic E-state index is 0.874. The molecule has 1 fully saturated rings. The third-order valence-corrected chi connectivity index (χ3v) is 2.64. The van der Waals surface area contributed by atoms with Crippen LogP contribution in [0.4, 0.5) is 0 Å². The summed E-state index contributed by atoms with van der Waals surface area (Å²) in [6.07, 6.45) is 8.32. The van der Waals surface area contributed by atoms with Crippen molar-refractivity contribution in [3.05, 3.63) is 12.2 Å². The van der Waals surface area contributed by atoms with Crippen LogP contribution in [0.2, 0.25) is 0 Å². The van der Waals surface area contributed by atoms with Gasteiger partial charge in [-0.05, 0) is 25.2 Å². The Kier molecular flexibility index (Phi) is 15.6. The standard InChI is InChI=1S/C10H18.C2H6O.C2H6/c1-3-9(2)10-7-5-4-6-8-10;1-3-2;1-2/h10H,2-8H2,1H3;1-2H3;1-2H3. The van der Waals surface area contributed by atoms with Crippen molar-refractivity contribution < 1.29 is 4.74 Å². The van der Waals surface area contributed by atoms with E-state index in [0.717, 1.165) is 5.92 Å². The summed E-state index contributed by atoms with van der Waals surface area (Å²) < 4.78 is 4.25. The Morgan fingerprint density at radius 2 is 1.53 bits per heavy atom. The van der Waals surface area contributed by atoms with Gasteiger partial charge in [0.25, 0.3) is 0 Å². The van der Waals surface area contributed by atoms with Gasteiger partial charge in [-0.1, -0.05) is 52.2 Å². The van der Waals surface area contributed by atoms with E-state index in [1.807, 2.05) is 13.8 Å². The number of methoxy groups -OCH3 is 1. The maximum absolute atomic E-state index is 4.25. The van der Waals surface area contributed by atoms with Crippen LogP contribution < -0.4 is 0 Å². The summed E-state index contributed by atoms with van der Waals surface area (Å²) >= 11 is 0. The van der Waals surface area contributed by atoms with Crippen molar-refractivity contribution in [1.29, 1.82) is 0 Å². The fourth-order valence-corrected chi connectivity index (χ4v) is 1.80. The summed E-state index contributed by atoms with van der Waals surface area (Å²) in [7, 11) is 3.25. The van der Waals surface area contributed by atoms with Crippen molar-refractivity contribution in [1.82, 2.24) is 0 Å². The van der Waals surface area contributed by atoms with Gasteiger partial charge in [0, 0.05) is 14.2 Å². The zero-order chi connectivity index (χ0) is 12.1. The van der Waals surface area contributed by atoms with Gasteiger partial charge >= 0.3 is 0 Å². The van der Waals surface area contributed by atoms with Crippen LogP contribution in [0.25, 0.3) is 0 Å². The molecule has 0 amide bonds. The first-order chi connectivity index (χ1) is 7.26. The molecule has 0 radical (unpaired) electrons. The minimum atomic E-state index is 0.874. The molecule has 92 valence electrons. The average molecular weight is 214 g/mol.